The van der Waals surface area contributed by atoms with Gasteiger partial charge in [0.2, 0.25) is 0 Å². The molecule has 1 aliphatic heterocycles. The van der Waals surface area contributed by atoms with Crippen molar-refractivity contribution in [1.82, 2.24) is 5.32 Å². The van der Waals surface area contributed by atoms with Crippen molar-refractivity contribution in [2.45, 2.75) is 44.6 Å². The highest BCUT2D eigenvalue weighted by molar-refractivity contribution is 9.10. The van der Waals surface area contributed by atoms with Crippen LogP contribution in [0.5, 0.6) is 11.5 Å². The van der Waals surface area contributed by atoms with Gasteiger partial charge in [-0.05, 0) is 78.2 Å². The van der Waals surface area contributed by atoms with Gasteiger partial charge in [0.25, 0.3) is 0 Å². The van der Waals surface area contributed by atoms with E-state index in [0.717, 1.165) is 41.5 Å². The van der Waals surface area contributed by atoms with E-state index >= 15 is 0 Å². The molecule has 116 valence electrons. The number of benzene rings is 1. The highest BCUT2D eigenvalue weighted by Gasteiger charge is 2.23. The number of halogens is 1. The van der Waals surface area contributed by atoms with Gasteiger partial charge < -0.3 is 14.8 Å². The average molecular weight is 354 g/mol. The van der Waals surface area contributed by atoms with E-state index in [9.17, 15) is 0 Å². The molecule has 2 aliphatic rings. The fourth-order valence-electron chi connectivity index (χ4n) is 2.90. The Labute approximate surface area is 135 Å². The molecule has 1 aliphatic carbocycles. The summed E-state index contributed by atoms with van der Waals surface area (Å²) in [5.41, 5.74) is 1.30. The van der Waals surface area contributed by atoms with Gasteiger partial charge in [0.1, 0.15) is 0 Å². The maximum atomic E-state index is 5.94. The molecular formula is C17H24BrNO2. The molecule has 1 heterocycles. The van der Waals surface area contributed by atoms with Crippen molar-refractivity contribution >= 4 is 15.9 Å². The van der Waals surface area contributed by atoms with Crippen LogP contribution in [0.4, 0.5) is 0 Å². The first-order chi connectivity index (χ1) is 10.3. The zero-order valence-corrected chi connectivity index (χ0v) is 14.2. The lowest BCUT2D eigenvalue weighted by molar-refractivity contribution is 0.278. The zero-order chi connectivity index (χ0) is 14.7. The molecule has 3 rings (SSSR count). The first-order valence-electron chi connectivity index (χ1n) is 7.99. The lowest BCUT2D eigenvalue weighted by Gasteiger charge is -2.24. The van der Waals surface area contributed by atoms with Gasteiger partial charge in [-0.3, -0.25) is 0 Å². The van der Waals surface area contributed by atoms with Gasteiger partial charge in [0, 0.05) is 6.04 Å². The molecule has 0 bridgehead atoms. The minimum absolute atomic E-state index is 0.591. The van der Waals surface area contributed by atoms with Crippen LogP contribution in [0.3, 0.4) is 0 Å². The molecule has 1 N–H and O–H groups in total. The summed E-state index contributed by atoms with van der Waals surface area (Å²) in [6, 6.07) is 4.90. The fourth-order valence-corrected chi connectivity index (χ4v) is 3.50. The minimum atomic E-state index is 0.591. The summed E-state index contributed by atoms with van der Waals surface area (Å²) < 4.78 is 12.5. The monoisotopic (exact) mass is 353 g/mol. The molecule has 1 aromatic rings. The van der Waals surface area contributed by atoms with E-state index in [-0.39, 0.29) is 0 Å². The Bertz CT molecular complexity index is 482. The van der Waals surface area contributed by atoms with Crippen LogP contribution >= 0.6 is 15.9 Å². The van der Waals surface area contributed by atoms with Crippen LogP contribution in [0.1, 0.15) is 37.7 Å². The van der Waals surface area contributed by atoms with Crippen LogP contribution in [0.25, 0.3) is 0 Å². The van der Waals surface area contributed by atoms with Crippen LogP contribution in [0.2, 0.25) is 0 Å². The van der Waals surface area contributed by atoms with E-state index in [2.05, 4.69) is 33.4 Å². The topological polar surface area (TPSA) is 30.5 Å². The molecule has 21 heavy (non-hydrogen) atoms. The van der Waals surface area contributed by atoms with E-state index < -0.39 is 0 Å². The molecule has 1 saturated heterocycles. The molecule has 1 aromatic carbocycles. The number of nitrogens with one attached hydrogen (secondary N) is 1. The Morgan fingerprint density at radius 2 is 2.10 bits per heavy atom. The van der Waals surface area contributed by atoms with Gasteiger partial charge in [0.15, 0.2) is 11.5 Å². The smallest absolute Gasteiger partial charge is 0.175 e. The van der Waals surface area contributed by atoms with Gasteiger partial charge in [0.05, 0.1) is 18.2 Å². The molecular weight excluding hydrogens is 330 g/mol. The van der Waals surface area contributed by atoms with Gasteiger partial charge >= 0.3 is 0 Å². The van der Waals surface area contributed by atoms with Gasteiger partial charge in [-0.15, -0.1) is 0 Å². The molecule has 4 heteroatoms. The Kier molecular flexibility index (Phi) is 5.07. The quantitative estimate of drug-likeness (QED) is 0.840. The molecule has 2 fully saturated rings. The van der Waals surface area contributed by atoms with Crippen LogP contribution in [-0.4, -0.2) is 26.3 Å². The predicted molar refractivity (Wildman–Crippen MR) is 88.3 cm³/mol. The van der Waals surface area contributed by atoms with Crippen molar-refractivity contribution in [3.8, 4) is 11.5 Å². The second-order valence-corrected chi connectivity index (χ2v) is 7.07. The maximum Gasteiger partial charge on any atom is 0.175 e. The van der Waals surface area contributed by atoms with Crippen molar-refractivity contribution in [2.24, 2.45) is 5.92 Å². The summed E-state index contributed by atoms with van der Waals surface area (Å²) in [6.07, 6.45) is 7.55. The van der Waals surface area contributed by atoms with Crippen LogP contribution in [0.15, 0.2) is 16.6 Å². The minimum Gasteiger partial charge on any atom is -0.493 e. The largest absolute Gasteiger partial charge is 0.493 e. The number of methoxy groups -OCH3 is 1. The Hall–Kier alpha value is -0.740. The van der Waals surface area contributed by atoms with E-state index in [1.165, 1.54) is 37.7 Å². The summed E-state index contributed by atoms with van der Waals surface area (Å²) in [6.45, 7) is 1.95. The van der Waals surface area contributed by atoms with E-state index in [4.69, 9.17) is 9.47 Å². The number of ether oxygens (including phenoxy) is 2. The predicted octanol–water partition coefficient (Wildman–Crippen LogP) is 3.93. The molecule has 0 radical (unpaired) electrons. The average Bonchev–Trinajstić information content (AvgIpc) is 3.31. The third kappa shape index (κ3) is 4.13. The zero-order valence-electron chi connectivity index (χ0n) is 12.7. The third-order valence-electron chi connectivity index (χ3n) is 4.34. The SMILES string of the molecule is COc1cc(CC2CCCCN2)cc(Br)c1OCC1CC1. The lowest BCUT2D eigenvalue weighted by Crippen LogP contribution is -2.35. The van der Waals surface area contributed by atoms with Gasteiger partial charge in [-0.25, -0.2) is 0 Å². The summed E-state index contributed by atoms with van der Waals surface area (Å²) in [7, 11) is 1.72. The summed E-state index contributed by atoms with van der Waals surface area (Å²) in [5.74, 6) is 2.44. The van der Waals surface area contributed by atoms with Crippen LogP contribution in [-0.2, 0) is 6.42 Å². The summed E-state index contributed by atoms with van der Waals surface area (Å²) in [4.78, 5) is 0. The van der Waals surface area contributed by atoms with Crippen molar-refractivity contribution in [3.05, 3.63) is 22.2 Å². The number of piperidine rings is 1. The van der Waals surface area contributed by atoms with Crippen molar-refractivity contribution < 1.29 is 9.47 Å². The molecule has 0 amide bonds. The molecule has 1 saturated carbocycles. The second kappa shape index (κ2) is 7.01. The van der Waals surface area contributed by atoms with Crippen molar-refractivity contribution in [2.75, 3.05) is 20.3 Å². The van der Waals surface area contributed by atoms with Gasteiger partial charge in [-0.2, -0.15) is 0 Å². The standard InChI is InChI=1S/C17H24BrNO2/c1-20-16-10-13(8-14-4-2-3-7-19-14)9-15(18)17(16)21-11-12-5-6-12/h9-10,12,14,19H,2-8,11H2,1H3. The highest BCUT2D eigenvalue weighted by atomic mass is 79.9. The van der Waals surface area contributed by atoms with Crippen LogP contribution < -0.4 is 14.8 Å². The number of rotatable bonds is 6. The Morgan fingerprint density at radius 1 is 1.24 bits per heavy atom. The first kappa shape index (κ1) is 15.2. The van der Waals surface area contributed by atoms with Crippen LogP contribution in [0, 0.1) is 5.92 Å². The normalized spacial score (nSPS) is 22.1. The van der Waals surface area contributed by atoms with E-state index in [0.29, 0.717) is 6.04 Å². The lowest BCUT2D eigenvalue weighted by atomic mass is 9.97. The van der Waals surface area contributed by atoms with E-state index in [1.54, 1.807) is 7.11 Å². The first-order valence-corrected chi connectivity index (χ1v) is 8.78. The molecule has 0 aromatic heterocycles. The van der Waals surface area contributed by atoms with Gasteiger partial charge in [-0.1, -0.05) is 6.42 Å². The maximum absolute atomic E-state index is 5.94. The highest BCUT2D eigenvalue weighted by Crippen LogP contribution is 2.39. The fraction of sp³-hybridized carbons (Fsp3) is 0.647. The summed E-state index contributed by atoms with van der Waals surface area (Å²) in [5, 5.41) is 3.60. The third-order valence-corrected chi connectivity index (χ3v) is 4.93. The van der Waals surface area contributed by atoms with E-state index in [1.807, 2.05) is 0 Å². The number of hydrogen-bond acceptors (Lipinski definition) is 3. The Balaban J connectivity index is 1.70. The molecule has 3 nitrogen and oxygen atoms in total. The Morgan fingerprint density at radius 3 is 2.76 bits per heavy atom. The van der Waals surface area contributed by atoms with Crippen molar-refractivity contribution in [3.63, 3.8) is 0 Å². The molecule has 0 spiro atoms. The molecule has 1 atom stereocenters. The van der Waals surface area contributed by atoms with Crippen molar-refractivity contribution in [1.29, 1.82) is 0 Å². The second-order valence-electron chi connectivity index (χ2n) is 6.21. The summed E-state index contributed by atoms with van der Waals surface area (Å²) >= 11 is 3.65. The number of hydrogen-bond donors (Lipinski definition) is 1. The molecule has 1 unspecified atom stereocenters.